The fourth-order valence-electron chi connectivity index (χ4n) is 2.49. The van der Waals surface area contributed by atoms with E-state index in [2.05, 4.69) is 15.3 Å². The fourth-order valence-corrected chi connectivity index (χ4v) is 2.49. The molecule has 0 aromatic carbocycles. The smallest absolute Gasteiger partial charge is 0.234 e. The van der Waals surface area contributed by atoms with Crippen LogP contribution >= 0.6 is 0 Å². The maximum absolute atomic E-state index is 12.0. The molecule has 0 radical (unpaired) electrons. The van der Waals surface area contributed by atoms with Crippen molar-refractivity contribution >= 4 is 11.8 Å². The molecule has 0 unspecified atom stereocenters. The van der Waals surface area contributed by atoms with Gasteiger partial charge in [-0.25, -0.2) is 4.98 Å². The Balaban J connectivity index is 1.91. The Morgan fingerprint density at radius 1 is 1.10 bits per heavy atom. The molecule has 2 aromatic heterocycles. The lowest BCUT2D eigenvalue weighted by atomic mass is 10.2. The average molecular weight is 403 g/mol. The molecule has 0 bridgehead atoms. The van der Waals surface area contributed by atoms with E-state index in [1.165, 1.54) is 4.90 Å². The van der Waals surface area contributed by atoms with Crippen molar-refractivity contribution in [3.05, 3.63) is 42.6 Å². The molecule has 0 saturated carbocycles. The second-order valence-corrected chi connectivity index (χ2v) is 6.23. The molecule has 0 aliphatic heterocycles. The van der Waals surface area contributed by atoms with Crippen molar-refractivity contribution in [1.29, 1.82) is 0 Å². The Hall–Kier alpha value is -3.08. The molecule has 2 rings (SSSR count). The van der Waals surface area contributed by atoms with Crippen molar-refractivity contribution in [3.8, 4) is 17.3 Å². The number of hydrogen-bond acceptors (Lipinski definition) is 8. The van der Waals surface area contributed by atoms with Crippen LogP contribution in [-0.2, 0) is 9.59 Å². The lowest BCUT2D eigenvalue weighted by molar-refractivity contribution is -0.125. The quantitative estimate of drug-likeness (QED) is 0.344. The summed E-state index contributed by atoms with van der Waals surface area (Å²) in [6, 6.07) is 10.1. The molecule has 2 aromatic rings. The van der Waals surface area contributed by atoms with Crippen molar-refractivity contribution in [2.45, 2.75) is 6.04 Å². The van der Waals surface area contributed by atoms with E-state index >= 15 is 0 Å². The number of aliphatic hydroxyl groups excluding tert-OH is 2. The molecule has 0 atom stereocenters. The molecule has 0 spiro atoms. The van der Waals surface area contributed by atoms with E-state index in [1.807, 2.05) is 24.3 Å². The number of primary amides is 1. The number of amides is 2. The van der Waals surface area contributed by atoms with Crippen molar-refractivity contribution in [1.82, 2.24) is 20.2 Å². The Bertz CT molecular complexity index is 786. The van der Waals surface area contributed by atoms with Crippen molar-refractivity contribution in [2.75, 3.05) is 39.5 Å². The molecular weight excluding hydrogens is 378 g/mol. The van der Waals surface area contributed by atoms with E-state index in [0.29, 0.717) is 17.3 Å². The minimum atomic E-state index is -0.757. The highest BCUT2D eigenvalue weighted by molar-refractivity contribution is 5.80. The zero-order valence-electron chi connectivity index (χ0n) is 15.9. The molecule has 29 heavy (non-hydrogen) atoms. The van der Waals surface area contributed by atoms with Gasteiger partial charge in [0.05, 0.1) is 43.7 Å². The Morgan fingerprint density at radius 2 is 1.86 bits per heavy atom. The number of nitrogens with zero attached hydrogens (tertiary/aromatic N) is 3. The van der Waals surface area contributed by atoms with Gasteiger partial charge >= 0.3 is 0 Å². The Morgan fingerprint density at radius 3 is 2.52 bits per heavy atom. The SMILES string of the molecule is NC(=O)CN(CCOc1cccc(-c2ccccn2)n1)CC(=O)NC(CO)CO. The first kappa shape index (κ1) is 22.2. The summed E-state index contributed by atoms with van der Waals surface area (Å²) in [5.74, 6) is -0.652. The predicted molar refractivity (Wildman–Crippen MR) is 105 cm³/mol. The van der Waals surface area contributed by atoms with E-state index in [9.17, 15) is 9.59 Å². The van der Waals surface area contributed by atoms with Crippen LogP contribution in [0.4, 0.5) is 0 Å². The largest absolute Gasteiger partial charge is 0.476 e. The third-order valence-corrected chi connectivity index (χ3v) is 3.86. The van der Waals surface area contributed by atoms with Gasteiger partial charge < -0.3 is 26.0 Å². The first-order valence-electron chi connectivity index (χ1n) is 9.04. The Labute approximate surface area is 168 Å². The molecule has 0 saturated heterocycles. The van der Waals surface area contributed by atoms with Crippen LogP contribution in [0.5, 0.6) is 5.88 Å². The van der Waals surface area contributed by atoms with E-state index in [0.717, 1.165) is 0 Å². The van der Waals surface area contributed by atoms with Gasteiger partial charge in [-0.2, -0.15) is 0 Å². The summed E-state index contributed by atoms with van der Waals surface area (Å²) in [7, 11) is 0. The summed E-state index contributed by atoms with van der Waals surface area (Å²) >= 11 is 0. The zero-order valence-corrected chi connectivity index (χ0v) is 15.9. The molecule has 10 heteroatoms. The normalized spacial score (nSPS) is 10.9. The van der Waals surface area contributed by atoms with E-state index in [1.54, 1.807) is 18.3 Å². The van der Waals surface area contributed by atoms with E-state index in [-0.39, 0.29) is 39.5 Å². The molecule has 2 heterocycles. The highest BCUT2D eigenvalue weighted by Crippen LogP contribution is 2.17. The number of pyridine rings is 2. The second-order valence-electron chi connectivity index (χ2n) is 6.23. The molecule has 5 N–H and O–H groups in total. The van der Waals surface area contributed by atoms with Crippen LogP contribution in [0, 0.1) is 0 Å². The van der Waals surface area contributed by atoms with Crippen molar-refractivity contribution in [3.63, 3.8) is 0 Å². The summed E-state index contributed by atoms with van der Waals surface area (Å²) < 4.78 is 5.64. The molecule has 0 fully saturated rings. The minimum absolute atomic E-state index is 0.135. The maximum Gasteiger partial charge on any atom is 0.234 e. The number of nitrogens with one attached hydrogen (secondary N) is 1. The number of rotatable bonds is 12. The number of hydrogen-bond donors (Lipinski definition) is 4. The minimum Gasteiger partial charge on any atom is -0.476 e. The summed E-state index contributed by atoms with van der Waals surface area (Å²) in [4.78, 5) is 33.4. The number of aromatic nitrogens is 2. The molecule has 2 amide bonds. The van der Waals surface area contributed by atoms with Gasteiger partial charge in [-0.3, -0.25) is 19.5 Å². The van der Waals surface area contributed by atoms with Crippen LogP contribution in [0.25, 0.3) is 11.4 Å². The maximum atomic E-state index is 12.0. The van der Waals surface area contributed by atoms with Gasteiger partial charge in [0.15, 0.2) is 0 Å². The number of carbonyl (C=O) groups is 2. The number of ether oxygens (including phenoxy) is 1. The van der Waals surface area contributed by atoms with Crippen LogP contribution < -0.4 is 15.8 Å². The first-order chi connectivity index (χ1) is 14.0. The fraction of sp³-hybridized carbons (Fsp3) is 0.368. The molecule has 0 aliphatic rings. The van der Waals surface area contributed by atoms with Crippen LogP contribution in [0.3, 0.4) is 0 Å². The van der Waals surface area contributed by atoms with Crippen LogP contribution in [0.1, 0.15) is 0 Å². The number of aliphatic hydroxyl groups is 2. The topological polar surface area (TPSA) is 151 Å². The third-order valence-electron chi connectivity index (χ3n) is 3.86. The predicted octanol–water partition coefficient (Wildman–Crippen LogP) is -1.22. The van der Waals surface area contributed by atoms with Gasteiger partial charge in [-0.1, -0.05) is 12.1 Å². The second kappa shape index (κ2) is 11.7. The van der Waals surface area contributed by atoms with Crippen molar-refractivity contribution < 1.29 is 24.5 Å². The highest BCUT2D eigenvalue weighted by atomic mass is 16.5. The molecule has 0 aliphatic carbocycles. The number of nitrogens with two attached hydrogens (primary N) is 1. The Kier molecular flexibility index (Phi) is 8.96. The summed E-state index contributed by atoms with van der Waals surface area (Å²) in [5.41, 5.74) is 6.61. The molecular formula is C19H25N5O5. The summed E-state index contributed by atoms with van der Waals surface area (Å²) in [6.45, 7) is -0.637. The van der Waals surface area contributed by atoms with Crippen LogP contribution in [0.15, 0.2) is 42.6 Å². The van der Waals surface area contributed by atoms with E-state index < -0.39 is 17.9 Å². The average Bonchev–Trinajstić information content (AvgIpc) is 2.72. The summed E-state index contributed by atoms with van der Waals surface area (Å²) in [5, 5.41) is 20.5. The number of carbonyl (C=O) groups excluding carboxylic acids is 2. The van der Waals surface area contributed by atoms with Gasteiger partial charge in [0.25, 0.3) is 0 Å². The van der Waals surface area contributed by atoms with Gasteiger partial charge in [0, 0.05) is 18.8 Å². The highest BCUT2D eigenvalue weighted by Gasteiger charge is 2.16. The van der Waals surface area contributed by atoms with Crippen molar-refractivity contribution in [2.24, 2.45) is 5.73 Å². The monoisotopic (exact) mass is 403 g/mol. The van der Waals surface area contributed by atoms with E-state index in [4.69, 9.17) is 20.7 Å². The zero-order chi connectivity index (χ0) is 21.1. The first-order valence-corrected chi connectivity index (χ1v) is 9.04. The van der Waals surface area contributed by atoms with Crippen LogP contribution in [-0.4, -0.2) is 82.4 Å². The standard InChI is InChI=1S/C19H25N5O5/c20-17(27)10-24(11-18(28)22-14(12-25)13-26)8-9-29-19-6-3-5-16(23-19)15-4-1-2-7-21-15/h1-7,14,25-26H,8-13H2,(H2,20,27)(H,22,28). The van der Waals surface area contributed by atoms with Crippen LogP contribution in [0.2, 0.25) is 0 Å². The van der Waals surface area contributed by atoms with Gasteiger partial charge in [-0.15, -0.1) is 0 Å². The van der Waals surface area contributed by atoms with Gasteiger partial charge in [0.2, 0.25) is 17.7 Å². The summed E-state index contributed by atoms with van der Waals surface area (Å²) in [6.07, 6.45) is 1.68. The lowest BCUT2D eigenvalue weighted by Gasteiger charge is -2.21. The third kappa shape index (κ3) is 7.82. The molecule has 156 valence electrons. The van der Waals surface area contributed by atoms with Gasteiger partial charge in [0.1, 0.15) is 6.61 Å². The lowest BCUT2D eigenvalue weighted by Crippen LogP contribution is -2.47. The molecule has 10 nitrogen and oxygen atoms in total. The van der Waals surface area contributed by atoms with Gasteiger partial charge in [-0.05, 0) is 18.2 Å².